The number of pyridine rings is 1. The number of nitrogens with zero attached hydrogens (tertiary/aromatic N) is 1. The third kappa shape index (κ3) is 3.24. The average molecular weight is 284 g/mol. The number of methoxy groups -OCH3 is 1. The lowest BCUT2D eigenvalue weighted by Crippen LogP contribution is -2.24. The minimum Gasteiger partial charge on any atom is -0.495 e. The molecule has 1 atom stereocenters. The molecule has 0 amide bonds. The van der Waals surface area contributed by atoms with E-state index in [1.165, 1.54) is 11.1 Å². The maximum absolute atomic E-state index is 5.47. The predicted octanol–water partition coefficient (Wildman–Crippen LogP) is 3.70. The number of hydrogen-bond acceptors (Lipinski definition) is 3. The lowest BCUT2D eigenvalue weighted by Gasteiger charge is -2.27. The SMILES string of the molecule is CNC(c1ccccc1C(C)(C)C)c1ncccc1OC. The smallest absolute Gasteiger partial charge is 0.142 e. The van der Waals surface area contributed by atoms with Crippen LogP contribution >= 0.6 is 0 Å². The van der Waals surface area contributed by atoms with Crippen LogP contribution in [-0.4, -0.2) is 19.1 Å². The Balaban J connectivity index is 2.58. The van der Waals surface area contributed by atoms with E-state index in [1.54, 1.807) is 7.11 Å². The molecule has 1 aromatic heterocycles. The molecule has 3 heteroatoms. The first kappa shape index (κ1) is 15.5. The highest BCUT2D eigenvalue weighted by atomic mass is 16.5. The van der Waals surface area contributed by atoms with Gasteiger partial charge in [-0.2, -0.15) is 0 Å². The quantitative estimate of drug-likeness (QED) is 0.929. The molecule has 0 radical (unpaired) electrons. The molecule has 0 fully saturated rings. The summed E-state index contributed by atoms with van der Waals surface area (Å²) in [7, 11) is 3.64. The number of ether oxygens (including phenoxy) is 1. The molecule has 1 aromatic carbocycles. The van der Waals surface area contributed by atoms with Crippen molar-refractivity contribution in [2.24, 2.45) is 0 Å². The van der Waals surface area contributed by atoms with Crippen LogP contribution in [0.15, 0.2) is 42.6 Å². The molecular weight excluding hydrogens is 260 g/mol. The predicted molar refractivity (Wildman–Crippen MR) is 86.8 cm³/mol. The van der Waals surface area contributed by atoms with Crippen LogP contribution in [0.2, 0.25) is 0 Å². The second-order valence-corrected chi connectivity index (χ2v) is 6.15. The minimum absolute atomic E-state index is 0.0107. The molecule has 21 heavy (non-hydrogen) atoms. The zero-order valence-electron chi connectivity index (χ0n) is 13.5. The zero-order valence-corrected chi connectivity index (χ0v) is 13.5. The molecule has 3 nitrogen and oxygen atoms in total. The van der Waals surface area contributed by atoms with Gasteiger partial charge in [0.15, 0.2) is 0 Å². The van der Waals surface area contributed by atoms with Crippen LogP contribution < -0.4 is 10.1 Å². The molecule has 2 aromatic rings. The van der Waals surface area contributed by atoms with Gasteiger partial charge in [-0.15, -0.1) is 0 Å². The Bertz CT molecular complexity index is 602. The lowest BCUT2D eigenvalue weighted by atomic mass is 9.81. The standard InChI is InChI=1S/C18H24N2O/c1-18(2,3)14-10-7-6-9-13(14)16(19-4)17-15(21-5)11-8-12-20-17/h6-12,16,19H,1-5H3. The van der Waals surface area contributed by atoms with Crippen LogP contribution in [0.25, 0.3) is 0 Å². The highest BCUT2D eigenvalue weighted by Crippen LogP contribution is 2.34. The van der Waals surface area contributed by atoms with E-state index in [4.69, 9.17) is 4.74 Å². The fraction of sp³-hybridized carbons (Fsp3) is 0.389. The Morgan fingerprint density at radius 1 is 1.10 bits per heavy atom. The second kappa shape index (κ2) is 6.27. The van der Waals surface area contributed by atoms with Crippen LogP contribution in [0.5, 0.6) is 5.75 Å². The molecular formula is C18H24N2O. The van der Waals surface area contributed by atoms with Gasteiger partial charge in [-0.1, -0.05) is 45.0 Å². The first-order valence-corrected chi connectivity index (χ1v) is 7.24. The van der Waals surface area contributed by atoms with E-state index in [1.807, 2.05) is 25.4 Å². The zero-order chi connectivity index (χ0) is 15.5. The van der Waals surface area contributed by atoms with Gasteiger partial charge in [0.1, 0.15) is 11.4 Å². The maximum Gasteiger partial charge on any atom is 0.142 e. The van der Waals surface area contributed by atoms with E-state index in [9.17, 15) is 0 Å². The molecule has 0 aliphatic carbocycles. The van der Waals surface area contributed by atoms with Gasteiger partial charge in [-0.05, 0) is 35.7 Å². The van der Waals surface area contributed by atoms with Crippen molar-refractivity contribution < 1.29 is 4.74 Å². The normalized spacial score (nSPS) is 13.0. The van der Waals surface area contributed by atoms with E-state index in [0.29, 0.717) is 0 Å². The summed E-state index contributed by atoms with van der Waals surface area (Å²) in [6, 6.07) is 12.4. The van der Waals surface area contributed by atoms with Crippen LogP contribution in [0.4, 0.5) is 0 Å². The van der Waals surface area contributed by atoms with Gasteiger partial charge in [-0.3, -0.25) is 4.98 Å². The highest BCUT2D eigenvalue weighted by Gasteiger charge is 2.25. The Labute approximate surface area is 127 Å². The molecule has 0 saturated carbocycles. The van der Waals surface area contributed by atoms with Gasteiger partial charge in [0.2, 0.25) is 0 Å². The summed E-state index contributed by atoms with van der Waals surface area (Å²) in [6.07, 6.45) is 1.81. The first-order valence-electron chi connectivity index (χ1n) is 7.24. The monoisotopic (exact) mass is 284 g/mol. The molecule has 0 bridgehead atoms. The van der Waals surface area contributed by atoms with Crippen LogP contribution in [0, 0.1) is 0 Å². The second-order valence-electron chi connectivity index (χ2n) is 6.15. The van der Waals surface area contributed by atoms with Crippen LogP contribution in [-0.2, 0) is 5.41 Å². The molecule has 1 N–H and O–H groups in total. The number of rotatable bonds is 4. The van der Waals surface area contributed by atoms with E-state index in [2.05, 4.69) is 55.3 Å². The Kier molecular flexibility index (Phi) is 4.63. The van der Waals surface area contributed by atoms with Crippen molar-refractivity contribution in [1.82, 2.24) is 10.3 Å². The highest BCUT2D eigenvalue weighted by molar-refractivity contribution is 5.42. The largest absolute Gasteiger partial charge is 0.495 e. The van der Waals surface area contributed by atoms with Gasteiger partial charge >= 0.3 is 0 Å². The van der Waals surface area contributed by atoms with E-state index < -0.39 is 0 Å². The third-order valence-electron chi connectivity index (χ3n) is 3.66. The summed E-state index contributed by atoms with van der Waals surface area (Å²) in [4.78, 5) is 4.53. The summed E-state index contributed by atoms with van der Waals surface area (Å²) >= 11 is 0. The summed E-state index contributed by atoms with van der Waals surface area (Å²) in [6.45, 7) is 6.69. The summed E-state index contributed by atoms with van der Waals surface area (Å²) in [5.74, 6) is 0.806. The van der Waals surface area contributed by atoms with Gasteiger partial charge in [0.25, 0.3) is 0 Å². The topological polar surface area (TPSA) is 34.2 Å². The summed E-state index contributed by atoms with van der Waals surface area (Å²) < 4.78 is 5.47. The molecule has 1 heterocycles. The molecule has 2 rings (SSSR count). The summed E-state index contributed by atoms with van der Waals surface area (Å²) in [5.41, 5.74) is 3.55. The molecule has 1 unspecified atom stereocenters. The number of nitrogens with one attached hydrogen (secondary N) is 1. The summed E-state index contributed by atoms with van der Waals surface area (Å²) in [5, 5.41) is 3.38. The average Bonchev–Trinajstić information content (AvgIpc) is 2.48. The van der Waals surface area contributed by atoms with Gasteiger partial charge < -0.3 is 10.1 Å². The van der Waals surface area contributed by atoms with Crippen molar-refractivity contribution >= 4 is 0 Å². The number of benzene rings is 1. The van der Waals surface area contributed by atoms with Crippen LogP contribution in [0.1, 0.15) is 43.6 Å². The molecule has 0 aliphatic rings. The molecule has 0 saturated heterocycles. The van der Waals surface area contributed by atoms with Crippen molar-refractivity contribution in [3.05, 3.63) is 59.4 Å². The fourth-order valence-electron chi connectivity index (χ4n) is 2.66. The van der Waals surface area contributed by atoms with Crippen molar-refractivity contribution in [2.45, 2.75) is 32.2 Å². The van der Waals surface area contributed by atoms with E-state index >= 15 is 0 Å². The molecule has 112 valence electrons. The van der Waals surface area contributed by atoms with Crippen molar-refractivity contribution in [3.8, 4) is 5.75 Å². The Morgan fingerprint density at radius 2 is 1.81 bits per heavy atom. The third-order valence-corrected chi connectivity index (χ3v) is 3.66. The van der Waals surface area contributed by atoms with E-state index in [0.717, 1.165) is 11.4 Å². The van der Waals surface area contributed by atoms with Crippen molar-refractivity contribution in [2.75, 3.05) is 14.2 Å². The Hall–Kier alpha value is -1.87. The first-order chi connectivity index (χ1) is 9.99. The van der Waals surface area contributed by atoms with Crippen LogP contribution in [0.3, 0.4) is 0 Å². The van der Waals surface area contributed by atoms with Crippen molar-refractivity contribution in [1.29, 1.82) is 0 Å². The maximum atomic E-state index is 5.47. The van der Waals surface area contributed by atoms with Gasteiger partial charge in [0, 0.05) is 6.20 Å². The number of hydrogen-bond donors (Lipinski definition) is 1. The van der Waals surface area contributed by atoms with Gasteiger partial charge in [0.05, 0.1) is 13.2 Å². The molecule has 0 spiro atoms. The van der Waals surface area contributed by atoms with Gasteiger partial charge in [-0.25, -0.2) is 0 Å². The molecule has 0 aliphatic heterocycles. The lowest BCUT2D eigenvalue weighted by molar-refractivity contribution is 0.401. The Morgan fingerprint density at radius 3 is 2.43 bits per heavy atom. The van der Waals surface area contributed by atoms with Crippen molar-refractivity contribution in [3.63, 3.8) is 0 Å². The fourth-order valence-corrected chi connectivity index (χ4v) is 2.66. The number of aromatic nitrogens is 1. The van der Waals surface area contributed by atoms with E-state index in [-0.39, 0.29) is 11.5 Å². The minimum atomic E-state index is 0.0107.